The average Bonchev–Trinajstić information content (AvgIpc) is 3.28. The molecule has 0 radical (unpaired) electrons. The number of carbonyl (C=O) groups excluding carboxylic acids is 1. The topological polar surface area (TPSA) is 79.5 Å². The normalized spacial score (nSPS) is 15.5. The summed E-state index contributed by atoms with van der Waals surface area (Å²) in [5.41, 5.74) is 1.01. The molecular weight excluding hydrogens is 282 g/mol. The molecule has 0 bridgehead atoms. The molecule has 1 atom stereocenters. The van der Waals surface area contributed by atoms with E-state index >= 15 is 0 Å². The van der Waals surface area contributed by atoms with Gasteiger partial charge < -0.3 is 14.5 Å². The maximum atomic E-state index is 12.7. The van der Waals surface area contributed by atoms with Crippen molar-refractivity contribution in [2.24, 2.45) is 5.92 Å². The first-order valence-electron chi connectivity index (χ1n) is 7.45. The molecule has 22 heavy (non-hydrogen) atoms. The molecule has 1 heterocycles. The van der Waals surface area contributed by atoms with Crippen LogP contribution in [-0.2, 0) is 6.54 Å². The van der Waals surface area contributed by atoms with Crippen molar-refractivity contribution in [1.29, 1.82) is 0 Å². The Morgan fingerprint density at radius 2 is 2.14 bits per heavy atom. The maximum absolute atomic E-state index is 12.7. The molecule has 1 aromatic carbocycles. The summed E-state index contributed by atoms with van der Waals surface area (Å²) in [6.45, 7) is 2.02. The van der Waals surface area contributed by atoms with E-state index in [-0.39, 0.29) is 24.4 Å². The van der Waals surface area contributed by atoms with Gasteiger partial charge in [0.2, 0.25) is 5.89 Å². The van der Waals surface area contributed by atoms with Gasteiger partial charge >= 0.3 is 0 Å². The van der Waals surface area contributed by atoms with Crippen LogP contribution in [0.4, 0.5) is 0 Å². The molecule has 0 unspecified atom stereocenters. The summed E-state index contributed by atoms with van der Waals surface area (Å²) in [6, 6.07) is 9.52. The highest BCUT2D eigenvalue weighted by molar-refractivity contribution is 5.90. The summed E-state index contributed by atoms with van der Waals surface area (Å²) in [4.78, 5) is 18.4. The number of carbonyl (C=O) groups is 1. The third-order valence-corrected chi connectivity index (χ3v) is 3.93. The van der Waals surface area contributed by atoms with Crippen molar-refractivity contribution in [2.75, 3.05) is 6.61 Å². The molecule has 1 fully saturated rings. The van der Waals surface area contributed by atoms with E-state index in [0.29, 0.717) is 18.4 Å². The molecule has 2 aromatic rings. The number of aryl methyl sites for hydroxylation is 1. The van der Waals surface area contributed by atoms with Crippen molar-refractivity contribution in [2.45, 2.75) is 32.4 Å². The molecule has 0 saturated heterocycles. The Morgan fingerprint density at radius 1 is 1.41 bits per heavy atom. The smallest absolute Gasteiger partial charge is 0.295 e. The third-order valence-electron chi connectivity index (χ3n) is 3.93. The lowest BCUT2D eigenvalue weighted by Crippen LogP contribution is -2.43. The lowest BCUT2D eigenvalue weighted by molar-refractivity contribution is 0.0516. The third kappa shape index (κ3) is 3.17. The molecule has 0 aliphatic heterocycles. The van der Waals surface area contributed by atoms with Gasteiger partial charge in [-0.25, -0.2) is 0 Å². The summed E-state index contributed by atoms with van der Waals surface area (Å²) in [5.74, 6) is 0.458. The van der Waals surface area contributed by atoms with E-state index in [1.807, 2.05) is 30.3 Å². The number of rotatable bonds is 6. The summed E-state index contributed by atoms with van der Waals surface area (Å²) in [6.07, 6.45) is 2.07. The van der Waals surface area contributed by atoms with Gasteiger partial charge in [0, 0.05) is 13.5 Å². The van der Waals surface area contributed by atoms with E-state index in [4.69, 9.17) is 4.52 Å². The number of amides is 1. The number of aliphatic hydroxyl groups excluding tert-OH is 1. The highest BCUT2D eigenvalue weighted by Crippen LogP contribution is 2.36. The van der Waals surface area contributed by atoms with E-state index in [1.54, 1.807) is 11.8 Å². The predicted octanol–water partition coefficient (Wildman–Crippen LogP) is 1.79. The molecule has 1 amide bonds. The first-order chi connectivity index (χ1) is 10.7. The Hall–Kier alpha value is -2.21. The van der Waals surface area contributed by atoms with Gasteiger partial charge in [0.1, 0.15) is 0 Å². The van der Waals surface area contributed by atoms with Crippen molar-refractivity contribution in [3.05, 3.63) is 47.6 Å². The summed E-state index contributed by atoms with van der Waals surface area (Å²) in [5, 5.41) is 13.4. The van der Waals surface area contributed by atoms with E-state index in [0.717, 1.165) is 18.4 Å². The lowest BCUT2D eigenvalue weighted by atomic mass is 10.1. The standard InChI is InChI=1S/C16H19N3O3/c1-11-17-15(18-22-11)16(21)19(14(10-20)13-7-8-13)9-12-5-3-2-4-6-12/h2-6,13-14,20H,7-10H2,1H3/t14-/m1/s1. The summed E-state index contributed by atoms with van der Waals surface area (Å²) < 4.78 is 4.90. The number of aliphatic hydroxyl groups is 1. The van der Waals surface area contributed by atoms with Gasteiger partial charge in [-0.1, -0.05) is 35.5 Å². The summed E-state index contributed by atoms with van der Waals surface area (Å²) in [7, 11) is 0. The van der Waals surface area contributed by atoms with Gasteiger partial charge in [0.15, 0.2) is 0 Å². The highest BCUT2D eigenvalue weighted by Gasteiger charge is 2.38. The Balaban J connectivity index is 1.86. The Labute approximate surface area is 128 Å². The van der Waals surface area contributed by atoms with Crippen molar-refractivity contribution in [1.82, 2.24) is 15.0 Å². The molecule has 6 heteroatoms. The number of benzene rings is 1. The van der Waals surface area contributed by atoms with Gasteiger partial charge in [0.25, 0.3) is 11.7 Å². The van der Waals surface area contributed by atoms with Crippen LogP contribution in [0.5, 0.6) is 0 Å². The molecular formula is C16H19N3O3. The Bertz CT molecular complexity index is 637. The number of nitrogens with zero attached hydrogens (tertiary/aromatic N) is 3. The molecule has 0 spiro atoms. The number of aromatic nitrogens is 2. The fraction of sp³-hybridized carbons (Fsp3) is 0.438. The minimum Gasteiger partial charge on any atom is -0.394 e. The second-order valence-electron chi connectivity index (χ2n) is 5.64. The van der Waals surface area contributed by atoms with Gasteiger partial charge in [-0.2, -0.15) is 4.98 Å². The molecule has 1 N–H and O–H groups in total. The monoisotopic (exact) mass is 301 g/mol. The second-order valence-corrected chi connectivity index (χ2v) is 5.64. The molecule has 116 valence electrons. The van der Waals surface area contributed by atoms with E-state index in [2.05, 4.69) is 10.1 Å². The van der Waals surface area contributed by atoms with Crippen LogP contribution in [0, 0.1) is 12.8 Å². The van der Waals surface area contributed by atoms with Crippen molar-refractivity contribution < 1.29 is 14.4 Å². The highest BCUT2D eigenvalue weighted by atomic mass is 16.5. The Kier molecular flexibility index (Phi) is 4.20. The van der Waals surface area contributed by atoms with Crippen LogP contribution in [-0.4, -0.2) is 38.7 Å². The van der Waals surface area contributed by atoms with Crippen LogP contribution in [0.1, 0.15) is 34.9 Å². The SMILES string of the molecule is Cc1nc(C(=O)N(Cc2ccccc2)[C@H](CO)C2CC2)no1. The molecule has 3 rings (SSSR count). The summed E-state index contributed by atoms with van der Waals surface area (Å²) >= 11 is 0. The van der Waals surface area contributed by atoms with Crippen LogP contribution >= 0.6 is 0 Å². The van der Waals surface area contributed by atoms with Gasteiger partial charge in [-0.15, -0.1) is 0 Å². The van der Waals surface area contributed by atoms with Gasteiger partial charge in [0.05, 0.1) is 12.6 Å². The quantitative estimate of drug-likeness (QED) is 0.880. The van der Waals surface area contributed by atoms with Crippen molar-refractivity contribution in [3.8, 4) is 0 Å². The van der Waals surface area contributed by atoms with Crippen LogP contribution < -0.4 is 0 Å². The van der Waals surface area contributed by atoms with E-state index in [9.17, 15) is 9.90 Å². The van der Waals surface area contributed by atoms with Crippen LogP contribution in [0.3, 0.4) is 0 Å². The number of hydrogen-bond donors (Lipinski definition) is 1. The van der Waals surface area contributed by atoms with Crippen LogP contribution in [0.15, 0.2) is 34.9 Å². The van der Waals surface area contributed by atoms with Crippen molar-refractivity contribution >= 4 is 5.91 Å². The fourth-order valence-corrected chi connectivity index (χ4v) is 2.62. The zero-order valence-corrected chi connectivity index (χ0v) is 12.5. The predicted molar refractivity (Wildman–Crippen MR) is 78.9 cm³/mol. The van der Waals surface area contributed by atoms with Gasteiger partial charge in [-0.3, -0.25) is 4.79 Å². The average molecular weight is 301 g/mol. The fourth-order valence-electron chi connectivity index (χ4n) is 2.62. The van der Waals surface area contributed by atoms with E-state index < -0.39 is 0 Å². The zero-order chi connectivity index (χ0) is 15.5. The largest absolute Gasteiger partial charge is 0.394 e. The van der Waals surface area contributed by atoms with Crippen molar-refractivity contribution in [3.63, 3.8) is 0 Å². The number of hydrogen-bond acceptors (Lipinski definition) is 5. The molecule has 1 aliphatic rings. The van der Waals surface area contributed by atoms with Crippen LogP contribution in [0.2, 0.25) is 0 Å². The lowest BCUT2D eigenvalue weighted by Gasteiger charge is -2.30. The van der Waals surface area contributed by atoms with Crippen LogP contribution in [0.25, 0.3) is 0 Å². The van der Waals surface area contributed by atoms with E-state index in [1.165, 1.54) is 0 Å². The molecule has 1 aliphatic carbocycles. The first kappa shape index (κ1) is 14.7. The maximum Gasteiger partial charge on any atom is 0.295 e. The molecule has 6 nitrogen and oxygen atoms in total. The molecule has 1 aromatic heterocycles. The Morgan fingerprint density at radius 3 is 2.68 bits per heavy atom. The first-order valence-corrected chi connectivity index (χ1v) is 7.45. The second kappa shape index (κ2) is 6.27. The minimum atomic E-state index is -0.299. The molecule has 1 saturated carbocycles. The minimum absolute atomic E-state index is 0.0486. The van der Waals surface area contributed by atoms with Gasteiger partial charge in [-0.05, 0) is 24.3 Å². The zero-order valence-electron chi connectivity index (χ0n) is 12.5.